The van der Waals surface area contributed by atoms with Crippen molar-refractivity contribution < 1.29 is 0 Å². The zero-order valence-corrected chi connectivity index (χ0v) is 13.2. The van der Waals surface area contributed by atoms with Crippen LogP contribution >= 0.6 is 0 Å². The van der Waals surface area contributed by atoms with Gasteiger partial charge in [-0.2, -0.15) is 0 Å². The van der Waals surface area contributed by atoms with Crippen molar-refractivity contribution in [3.8, 4) is 0 Å². The second kappa shape index (κ2) is 7.18. The highest BCUT2D eigenvalue weighted by atomic mass is 14.8. The van der Waals surface area contributed by atoms with Crippen molar-refractivity contribution >= 4 is 5.57 Å². The zero-order chi connectivity index (χ0) is 14.4. The summed E-state index contributed by atoms with van der Waals surface area (Å²) >= 11 is 0. The largest absolute Gasteiger partial charge is 0.391 e. The van der Waals surface area contributed by atoms with Crippen molar-refractivity contribution in [2.75, 3.05) is 7.05 Å². The molecule has 0 aliphatic heterocycles. The van der Waals surface area contributed by atoms with Crippen molar-refractivity contribution in [1.82, 2.24) is 5.32 Å². The Bertz CT molecular complexity index is 492. The van der Waals surface area contributed by atoms with Crippen LogP contribution in [0, 0.1) is 6.92 Å². The summed E-state index contributed by atoms with van der Waals surface area (Å²) in [4.78, 5) is 0. The summed E-state index contributed by atoms with van der Waals surface area (Å²) in [6.07, 6.45) is 4.45. The minimum absolute atomic E-state index is 1.05. The summed E-state index contributed by atoms with van der Waals surface area (Å²) in [6.45, 7) is 10.9. The molecule has 0 heterocycles. The molecule has 0 saturated carbocycles. The molecule has 1 heteroatoms. The molecule has 0 unspecified atom stereocenters. The van der Waals surface area contributed by atoms with E-state index >= 15 is 0 Å². The van der Waals surface area contributed by atoms with Gasteiger partial charge in [0.25, 0.3) is 0 Å². The van der Waals surface area contributed by atoms with Crippen LogP contribution in [-0.4, -0.2) is 7.05 Å². The van der Waals surface area contributed by atoms with E-state index < -0.39 is 0 Å². The maximum Gasteiger partial charge on any atom is 0.0105 e. The Kier molecular flexibility index (Phi) is 5.88. The van der Waals surface area contributed by atoms with Crippen LogP contribution in [-0.2, 0) is 6.42 Å². The summed E-state index contributed by atoms with van der Waals surface area (Å²) in [6, 6.07) is 6.75. The van der Waals surface area contributed by atoms with Crippen molar-refractivity contribution in [3.05, 3.63) is 52.2 Å². The van der Waals surface area contributed by atoms with Gasteiger partial charge < -0.3 is 5.32 Å². The van der Waals surface area contributed by atoms with E-state index in [4.69, 9.17) is 0 Å². The van der Waals surface area contributed by atoms with Crippen LogP contribution in [0.1, 0.15) is 50.8 Å². The third kappa shape index (κ3) is 3.99. The van der Waals surface area contributed by atoms with E-state index in [0.29, 0.717) is 0 Å². The van der Waals surface area contributed by atoms with E-state index in [9.17, 15) is 0 Å². The van der Waals surface area contributed by atoms with E-state index in [1.54, 1.807) is 0 Å². The molecule has 1 aromatic rings. The number of hydrogen-bond donors (Lipinski definition) is 1. The van der Waals surface area contributed by atoms with Crippen molar-refractivity contribution in [2.24, 2.45) is 0 Å². The van der Waals surface area contributed by atoms with Gasteiger partial charge in [0.05, 0.1) is 0 Å². The number of benzene rings is 1. The predicted octanol–water partition coefficient (Wildman–Crippen LogP) is 4.86. The van der Waals surface area contributed by atoms with E-state index in [1.165, 1.54) is 33.5 Å². The number of aryl methyl sites for hydroxylation is 2. The molecule has 0 aromatic heterocycles. The summed E-state index contributed by atoms with van der Waals surface area (Å²) in [5.74, 6) is 0. The van der Waals surface area contributed by atoms with Gasteiger partial charge in [0.2, 0.25) is 0 Å². The molecule has 1 rings (SSSR count). The molecule has 0 aliphatic rings. The third-order valence-corrected chi connectivity index (χ3v) is 3.69. The molecule has 0 aliphatic carbocycles. The number of rotatable bonds is 5. The number of hydrogen-bond acceptors (Lipinski definition) is 1. The number of allylic oxidation sites excluding steroid dienone is 4. The molecule has 0 saturated heterocycles. The van der Waals surface area contributed by atoms with Gasteiger partial charge in [0.15, 0.2) is 0 Å². The monoisotopic (exact) mass is 257 g/mol. The predicted molar refractivity (Wildman–Crippen MR) is 86.3 cm³/mol. The molecule has 0 amide bonds. The Morgan fingerprint density at radius 3 is 2.42 bits per heavy atom. The Morgan fingerprint density at radius 1 is 1.21 bits per heavy atom. The Balaban J connectivity index is 3.22. The lowest BCUT2D eigenvalue weighted by Crippen LogP contribution is -2.04. The van der Waals surface area contributed by atoms with E-state index in [1.807, 2.05) is 7.05 Å². The van der Waals surface area contributed by atoms with Crippen molar-refractivity contribution in [1.29, 1.82) is 0 Å². The average molecular weight is 257 g/mol. The van der Waals surface area contributed by atoms with Gasteiger partial charge >= 0.3 is 0 Å². The summed E-state index contributed by atoms with van der Waals surface area (Å²) in [5.41, 5.74) is 8.14. The van der Waals surface area contributed by atoms with Crippen LogP contribution in [0.2, 0.25) is 0 Å². The quantitative estimate of drug-likeness (QED) is 0.742. The maximum absolute atomic E-state index is 3.25. The van der Waals surface area contributed by atoms with Crippen LogP contribution < -0.4 is 5.32 Å². The minimum Gasteiger partial charge on any atom is -0.391 e. The molecule has 104 valence electrons. The second-order valence-electron chi connectivity index (χ2n) is 5.10. The fourth-order valence-electron chi connectivity index (χ4n) is 2.37. The first-order valence-electron chi connectivity index (χ1n) is 7.19. The van der Waals surface area contributed by atoms with Gasteiger partial charge in [-0.1, -0.05) is 43.7 Å². The fraction of sp³-hybridized carbons (Fsp3) is 0.444. The van der Waals surface area contributed by atoms with Gasteiger partial charge in [-0.25, -0.2) is 0 Å². The van der Waals surface area contributed by atoms with Gasteiger partial charge in [0.1, 0.15) is 0 Å². The lowest BCUT2D eigenvalue weighted by atomic mass is 9.95. The number of nitrogens with one attached hydrogen (secondary N) is 1. The van der Waals surface area contributed by atoms with Crippen molar-refractivity contribution in [2.45, 2.75) is 47.5 Å². The van der Waals surface area contributed by atoms with Crippen LogP contribution in [0.4, 0.5) is 0 Å². The summed E-state index contributed by atoms with van der Waals surface area (Å²) in [5, 5.41) is 3.25. The second-order valence-corrected chi connectivity index (χ2v) is 5.10. The highest BCUT2D eigenvalue weighted by molar-refractivity contribution is 5.69. The summed E-state index contributed by atoms with van der Waals surface area (Å²) in [7, 11) is 1.98. The molecule has 0 radical (unpaired) electrons. The van der Waals surface area contributed by atoms with Crippen LogP contribution in [0.25, 0.3) is 5.57 Å². The first kappa shape index (κ1) is 15.6. The molecule has 0 fully saturated rings. The van der Waals surface area contributed by atoms with Gasteiger partial charge in [-0.3, -0.25) is 0 Å². The minimum atomic E-state index is 1.05. The molecule has 1 aromatic carbocycles. The highest BCUT2D eigenvalue weighted by Gasteiger charge is 2.04. The SMILES string of the molecule is CCC(/C=C(\C)c1ccc(C)cc1CC)=C(\C)NC. The zero-order valence-electron chi connectivity index (χ0n) is 13.2. The first-order chi connectivity index (χ1) is 9.03. The maximum atomic E-state index is 3.25. The molecule has 0 spiro atoms. The highest BCUT2D eigenvalue weighted by Crippen LogP contribution is 2.23. The molecule has 19 heavy (non-hydrogen) atoms. The molecule has 0 atom stereocenters. The molecule has 1 N–H and O–H groups in total. The Hall–Kier alpha value is -1.50. The van der Waals surface area contributed by atoms with Gasteiger partial charge in [-0.15, -0.1) is 0 Å². The van der Waals surface area contributed by atoms with E-state index in [0.717, 1.165) is 12.8 Å². The molecule has 0 bridgehead atoms. The standard InChI is InChI=1S/C18H27N/c1-7-16(15(5)19-6)12-14(4)18-10-9-13(3)11-17(18)8-2/h9-12,19H,7-8H2,1-6H3/b14-12+,16-15-. The molecular formula is C18H27N. The van der Waals surface area contributed by atoms with Crippen LogP contribution in [0.15, 0.2) is 35.5 Å². The Morgan fingerprint density at radius 2 is 1.89 bits per heavy atom. The molecule has 1 nitrogen and oxygen atoms in total. The topological polar surface area (TPSA) is 12.0 Å². The van der Waals surface area contributed by atoms with Gasteiger partial charge in [0, 0.05) is 12.7 Å². The average Bonchev–Trinajstić information content (AvgIpc) is 2.43. The fourth-order valence-corrected chi connectivity index (χ4v) is 2.37. The lowest BCUT2D eigenvalue weighted by molar-refractivity contribution is 0.940. The van der Waals surface area contributed by atoms with E-state index in [-0.39, 0.29) is 0 Å². The summed E-state index contributed by atoms with van der Waals surface area (Å²) < 4.78 is 0. The Labute approximate surface area is 118 Å². The lowest BCUT2D eigenvalue weighted by Gasteiger charge is -2.12. The van der Waals surface area contributed by atoms with Crippen LogP contribution in [0.3, 0.4) is 0 Å². The third-order valence-electron chi connectivity index (χ3n) is 3.69. The molecular weight excluding hydrogens is 230 g/mol. The first-order valence-corrected chi connectivity index (χ1v) is 7.19. The van der Waals surface area contributed by atoms with Crippen LogP contribution in [0.5, 0.6) is 0 Å². The van der Waals surface area contributed by atoms with Crippen molar-refractivity contribution in [3.63, 3.8) is 0 Å². The van der Waals surface area contributed by atoms with Gasteiger partial charge in [-0.05, 0) is 55.9 Å². The smallest absolute Gasteiger partial charge is 0.0105 e. The van der Waals surface area contributed by atoms with E-state index in [2.05, 4.69) is 64.2 Å². The normalized spacial score (nSPS) is 13.3.